The second-order valence-electron chi connectivity index (χ2n) is 4.74. The van der Waals surface area contributed by atoms with E-state index in [0.717, 1.165) is 0 Å². The topological polar surface area (TPSA) is 123 Å². The lowest BCUT2D eigenvalue weighted by molar-refractivity contribution is -0.148. The fourth-order valence-corrected chi connectivity index (χ4v) is 1.82. The maximum absolute atomic E-state index is 12.0. The summed E-state index contributed by atoms with van der Waals surface area (Å²) in [5.41, 5.74) is 4.38. The maximum atomic E-state index is 12.0. The van der Waals surface area contributed by atoms with Crippen molar-refractivity contribution in [2.75, 3.05) is 20.3 Å². The Hall–Kier alpha value is -2.81. The second kappa shape index (κ2) is 10.1. The van der Waals surface area contributed by atoms with Gasteiger partial charge in [0.25, 0.3) is 11.8 Å². The van der Waals surface area contributed by atoms with Crippen molar-refractivity contribution in [2.45, 2.75) is 13.3 Å². The lowest BCUT2D eigenvalue weighted by atomic mass is 10.2. The first-order valence-electron chi connectivity index (χ1n) is 7.16. The van der Waals surface area contributed by atoms with Gasteiger partial charge in [0, 0.05) is 18.5 Å². The SMILES string of the molecule is COc1ccc(Cl)cc1C(=O)NNC(=O)COC(=O)CCNC(C)=O. The Morgan fingerprint density at radius 3 is 2.52 bits per heavy atom. The Morgan fingerprint density at radius 1 is 1.16 bits per heavy atom. The van der Waals surface area contributed by atoms with Crippen LogP contribution < -0.4 is 20.9 Å². The molecule has 3 N–H and O–H groups in total. The monoisotopic (exact) mass is 371 g/mol. The number of amides is 3. The van der Waals surface area contributed by atoms with Crippen LogP contribution in [0.3, 0.4) is 0 Å². The van der Waals surface area contributed by atoms with E-state index in [1.165, 1.54) is 26.2 Å². The summed E-state index contributed by atoms with van der Waals surface area (Å²) in [6.07, 6.45) is -0.0705. The largest absolute Gasteiger partial charge is 0.496 e. The van der Waals surface area contributed by atoms with Crippen LogP contribution in [0.25, 0.3) is 0 Å². The molecule has 1 aromatic rings. The summed E-state index contributed by atoms with van der Waals surface area (Å²) in [4.78, 5) is 45.5. The first-order chi connectivity index (χ1) is 11.8. The van der Waals surface area contributed by atoms with Crippen molar-refractivity contribution in [3.63, 3.8) is 0 Å². The van der Waals surface area contributed by atoms with E-state index in [1.807, 2.05) is 0 Å². The standard InChI is InChI=1S/C15H18ClN3O6/c1-9(20)17-6-5-14(22)25-8-13(21)18-19-15(23)11-7-10(16)3-4-12(11)24-2/h3-4,7H,5-6,8H2,1-2H3,(H,17,20)(H,18,21)(H,19,23). The third-order valence-corrected chi connectivity index (χ3v) is 3.02. The molecule has 25 heavy (non-hydrogen) atoms. The minimum Gasteiger partial charge on any atom is -0.496 e. The van der Waals surface area contributed by atoms with Crippen LogP contribution in [0.15, 0.2) is 18.2 Å². The van der Waals surface area contributed by atoms with Gasteiger partial charge >= 0.3 is 5.97 Å². The molecular weight excluding hydrogens is 354 g/mol. The smallest absolute Gasteiger partial charge is 0.308 e. The molecule has 0 radical (unpaired) electrons. The first-order valence-corrected chi connectivity index (χ1v) is 7.54. The predicted octanol–water partition coefficient (Wildman–Crippen LogP) is 0.179. The summed E-state index contributed by atoms with van der Waals surface area (Å²) in [5.74, 6) is -2.04. The van der Waals surface area contributed by atoms with Gasteiger partial charge in [-0.25, -0.2) is 0 Å². The van der Waals surface area contributed by atoms with Crippen molar-refractivity contribution < 1.29 is 28.7 Å². The van der Waals surface area contributed by atoms with Crippen molar-refractivity contribution in [1.29, 1.82) is 0 Å². The van der Waals surface area contributed by atoms with Crippen molar-refractivity contribution in [1.82, 2.24) is 16.2 Å². The lowest BCUT2D eigenvalue weighted by Crippen LogP contribution is -2.43. The van der Waals surface area contributed by atoms with Gasteiger partial charge in [-0.2, -0.15) is 0 Å². The highest BCUT2D eigenvalue weighted by Gasteiger charge is 2.14. The van der Waals surface area contributed by atoms with Gasteiger partial charge in [0.2, 0.25) is 5.91 Å². The van der Waals surface area contributed by atoms with E-state index in [9.17, 15) is 19.2 Å². The van der Waals surface area contributed by atoms with Crippen molar-refractivity contribution >= 4 is 35.3 Å². The molecule has 1 aromatic carbocycles. The predicted molar refractivity (Wildman–Crippen MR) is 87.9 cm³/mol. The molecule has 0 bridgehead atoms. The van der Waals surface area contributed by atoms with Gasteiger partial charge in [-0.15, -0.1) is 0 Å². The van der Waals surface area contributed by atoms with E-state index in [0.29, 0.717) is 5.02 Å². The molecule has 0 aliphatic carbocycles. The minimum atomic E-state index is -0.734. The molecule has 136 valence electrons. The normalized spacial score (nSPS) is 9.72. The highest BCUT2D eigenvalue weighted by atomic mass is 35.5. The van der Waals surface area contributed by atoms with Crippen molar-refractivity contribution in [2.24, 2.45) is 0 Å². The molecule has 0 aliphatic rings. The summed E-state index contributed by atoms with van der Waals surface area (Å²) >= 11 is 5.82. The molecule has 9 nitrogen and oxygen atoms in total. The molecule has 0 saturated heterocycles. The van der Waals surface area contributed by atoms with Gasteiger partial charge < -0.3 is 14.8 Å². The van der Waals surface area contributed by atoms with E-state index in [2.05, 4.69) is 20.9 Å². The van der Waals surface area contributed by atoms with Crippen LogP contribution >= 0.6 is 11.6 Å². The van der Waals surface area contributed by atoms with E-state index in [-0.39, 0.29) is 30.2 Å². The molecule has 0 unspecified atom stereocenters. The fraction of sp³-hybridized carbons (Fsp3) is 0.333. The Morgan fingerprint density at radius 2 is 1.88 bits per heavy atom. The molecule has 0 atom stereocenters. The quantitative estimate of drug-likeness (QED) is 0.464. The molecule has 10 heteroatoms. The van der Waals surface area contributed by atoms with E-state index >= 15 is 0 Å². The van der Waals surface area contributed by atoms with Crippen LogP contribution in [0.2, 0.25) is 5.02 Å². The Labute approximate surface area is 149 Å². The van der Waals surface area contributed by atoms with Gasteiger partial charge in [0.1, 0.15) is 5.75 Å². The average Bonchev–Trinajstić information content (AvgIpc) is 2.57. The number of methoxy groups -OCH3 is 1. The van der Waals surface area contributed by atoms with E-state index in [4.69, 9.17) is 16.3 Å². The van der Waals surface area contributed by atoms with E-state index < -0.39 is 24.4 Å². The number of rotatable bonds is 7. The van der Waals surface area contributed by atoms with Gasteiger partial charge in [-0.3, -0.25) is 30.0 Å². The number of carbonyl (C=O) groups is 4. The van der Waals surface area contributed by atoms with Gasteiger partial charge in [-0.1, -0.05) is 11.6 Å². The Balaban J connectivity index is 2.39. The van der Waals surface area contributed by atoms with Crippen LogP contribution in [0, 0.1) is 0 Å². The molecule has 1 rings (SSSR count). The number of carbonyl (C=O) groups excluding carboxylic acids is 4. The summed E-state index contributed by atoms with van der Waals surface area (Å²) in [7, 11) is 1.39. The molecule has 0 aliphatic heterocycles. The Kier molecular flexibility index (Phi) is 8.21. The van der Waals surface area contributed by atoms with Crippen LogP contribution in [0.4, 0.5) is 0 Å². The van der Waals surface area contributed by atoms with Gasteiger partial charge in [0.05, 0.1) is 19.1 Å². The van der Waals surface area contributed by atoms with Crippen LogP contribution in [0.5, 0.6) is 5.75 Å². The number of halogens is 1. The zero-order valence-corrected chi connectivity index (χ0v) is 14.4. The third kappa shape index (κ3) is 7.53. The second-order valence-corrected chi connectivity index (χ2v) is 5.18. The zero-order valence-electron chi connectivity index (χ0n) is 13.7. The first kappa shape index (κ1) is 20.2. The number of benzene rings is 1. The maximum Gasteiger partial charge on any atom is 0.308 e. The number of hydrogen-bond acceptors (Lipinski definition) is 6. The van der Waals surface area contributed by atoms with Crippen LogP contribution in [-0.2, 0) is 19.1 Å². The number of hydrogen-bond donors (Lipinski definition) is 3. The Bertz CT molecular complexity index is 665. The van der Waals surface area contributed by atoms with Crippen LogP contribution in [0.1, 0.15) is 23.7 Å². The molecule has 0 saturated carbocycles. The lowest BCUT2D eigenvalue weighted by Gasteiger charge is -2.11. The molecular formula is C15H18ClN3O6. The van der Waals surface area contributed by atoms with Crippen molar-refractivity contribution in [3.8, 4) is 5.75 Å². The highest BCUT2D eigenvalue weighted by molar-refractivity contribution is 6.31. The highest BCUT2D eigenvalue weighted by Crippen LogP contribution is 2.22. The third-order valence-electron chi connectivity index (χ3n) is 2.79. The van der Waals surface area contributed by atoms with Gasteiger partial charge in [-0.05, 0) is 18.2 Å². The molecule has 0 spiro atoms. The number of esters is 1. The molecule has 0 aromatic heterocycles. The summed E-state index contributed by atoms with van der Waals surface area (Å²) < 4.78 is 9.72. The van der Waals surface area contributed by atoms with Crippen LogP contribution in [-0.4, -0.2) is 44.0 Å². The molecule has 0 fully saturated rings. The molecule has 0 heterocycles. The summed E-state index contributed by atoms with van der Waals surface area (Å²) in [6.45, 7) is 0.851. The zero-order chi connectivity index (χ0) is 18.8. The fourth-order valence-electron chi connectivity index (χ4n) is 1.65. The average molecular weight is 372 g/mol. The molecule has 3 amide bonds. The van der Waals surface area contributed by atoms with E-state index in [1.54, 1.807) is 6.07 Å². The van der Waals surface area contributed by atoms with Crippen molar-refractivity contribution in [3.05, 3.63) is 28.8 Å². The minimum absolute atomic E-state index is 0.0705. The number of nitrogens with one attached hydrogen (secondary N) is 3. The summed E-state index contributed by atoms with van der Waals surface area (Å²) in [5, 5.41) is 2.74. The summed E-state index contributed by atoms with van der Waals surface area (Å²) in [6, 6.07) is 4.44. The van der Waals surface area contributed by atoms with Gasteiger partial charge in [0.15, 0.2) is 6.61 Å². The number of hydrazine groups is 1. The number of ether oxygens (including phenoxy) is 2.